The summed E-state index contributed by atoms with van der Waals surface area (Å²) in [6.07, 6.45) is 3.89. The summed E-state index contributed by atoms with van der Waals surface area (Å²) < 4.78 is 4.68. The average molecular weight is 320 g/mol. The summed E-state index contributed by atoms with van der Waals surface area (Å²) in [4.78, 5) is 19.5. The molecule has 0 saturated carbocycles. The predicted octanol–water partition coefficient (Wildman–Crippen LogP) is 2.75. The lowest BCUT2D eigenvalue weighted by Crippen LogP contribution is -2.00. The molecule has 0 aliphatic rings. The van der Waals surface area contributed by atoms with Gasteiger partial charge in [-0.15, -0.1) is 0 Å². The van der Waals surface area contributed by atoms with Crippen LogP contribution in [0.15, 0.2) is 42.5 Å². The second-order valence-electron chi connectivity index (χ2n) is 5.19. The monoisotopic (exact) mass is 320 g/mol. The number of ether oxygens (including phenoxy) is 1. The minimum absolute atomic E-state index is 0.161. The highest BCUT2D eigenvalue weighted by Crippen LogP contribution is 2.21. The first-order valence-corrected chi connectivity index (χ1v) is 7.26. The zero-order chi connectivity index (χ0) is 17.1. The van der Waals surface area contributed by atoms with Crippen LogP contribution < -0.4 is 11.5 Å². The van der Waals surface area contributed by atoms with Crippen LogP contribution in [-0.4, -0.2) is 23.0 Å². The molecule has 0 saturated heterocycles. The first-order valence-electron chi connectivity index (χ1n) is 7.26. The Labute approximate surface area is 138 Å². The maximum Gasteiger partial charge on any atom is 0.337 e. The van der Waals surface area contributed by atoms with E-state index in [0.717, 1.165) is 16.5 Å². The number of rotatable bonds is 3. The second kappa shape index (κ2) is 6.37. The molecule has 6 nitrogen and oxygen atoms in total. The molecular formula is C18H16N4O2. The van der Waals surface area contributed by atoms with Crippen LogP contribution in [-0.2, 0) is 4.74 Å². The molecule has 0 spiro atoms. The number of anilines is 2. The smallest absolute Gasteiger partial charge is 0.337 e. The van der Waals surface area contributed by atoms with Gasteiger partial charge in [-0.05, 0) is 35.4 Å². The van der Waals surface area contributed by atoms with E-state index in [1.165, 1.54) is 7.11 Å². The minimum Gasteiger partial charge on any atom is -0.465 e. The van der Waals surface area contributed by atoms with Crippen molar-refractivity contribution in [2.75, 3.05) is 18.6 Å². The Morgan fingerprint density at radius 1 is 1.00 bits per heavy atom. The number of carbonyl (C=O) groups is 1. The lowest BCUT2D eigenvalue weighted by Gasteiger charge is -2.03. The van der Waals surface area contributed by atoms with E-state index < -0.39 is 0 Å². The molecule has 3 aromatic rings. The summed E-state index contributed by atoms with van der Waals surface area (Å²) >= 11 is 0. The topological polar surface area (TPSA) is 104 Å². The molecule has 2 aromatic carbocycles. The molecular weight excluding hydrogens is 304 g/mol. The van der Waals surface area contributed by atoms with E-state index in [1.54, 1.807) is 12.1 Å². The van der Waals surface area contributed by atoms with Crippen LogP contribution in [0.4, 0.5) is 11.8 Å². The number of nitrogen functional groups attached to an aromatic ring is 2. The van der Waals surface area contributed by atoms with Crippen molar-refractivity contribution in [3.8, 4) is 0 Å². The Balaban J connectivity index is 1.86. The van der Waals surface area contributed by atoms with Gasteiger partial charge in [-0.2, -0.15) is 4.98 Å². The molecule has 1 heterocycles. The Bertz CT molecular complexity index is 934. The molecule has 1 aromatic heterocycles. The highest BCUT2D eigenvalue weighted by Gasteiger charge is 2.04. The van der Waals surface area contributed by atoms with Crippen LogP contribution in [0.25, 0.3) is 23.1 Å². The van der Waals surface area contributed by atoms with Crippen molar-refractivity contribution in [2.24, 2.45) is 0 Å². The van der Waals surface area contributed by atoms with Crippen LogP contribution in [0.2, 0.25) is 0 Å². The van der Waals surface area contributed by atoms with Crippen molar-refractivity contribution >= 4 is 40.8 Å². The quantitative estimate of drug-likeness (QED) is 0.568. The fourth-order valence-electron chi connectivity index (χ4n) is 2.33. The van der Waals surface area contributed by atoms with Gasteiger partial charge in [0.15, 0.2) is 0 Å². The number of esters is 1. The van der Waals surface area contributed by atoms with Gasteiger partial charge < -0.3 is 16.2 Å². The van der Waals surface area contributed by atoms with Crippen molar-refractivity contribution in [2.45, 2.75) is 0 Å². The van der Waals surface area contributed by atoms with Crippen LogP contribution in [0.5, 0.6) is 0 Å². The molecule has 0 aliphatic carbocycles. The fraction of sp³-hybridized carbons (Fsp3) is 0.0556. The minimum atomic E-state index is -0.352. The van der Waals surface area contributed by atoms with E-state index in [1.807, 2.05) is 42.5 Å². The maximum absolute atomic E-state index is 11.4. The number of benzene rings is 2. The summed E-state index contributed by atoms with van der Waals surface area (Å²) in [6.45, 7) is 0. The van der Waals surface area contributed by atoms with Gasteiger partial charge >= 0.3 is 5.97 Å². The number of nitrogens with two attached hydrogens (primary N) is 2. The number of methoxy groups -OCH3 is 1. The lowest BCUT2D eigenvalue weighted by molar-refractivity contribution is 0.0600. The summed E-state index contributed by atoms with van der Waals surface area (Å²) in [7, 11) is 1.36. The third kappa shape index (κ3) is 3.17. The Kier molecular flexibility index (Phi) is 4.11. The van der Waals surface area contributed by atoms with E-state index in [4.69, 9.17) is 11.5 Å². The summed E-state index contributed by atoms with van der Waals surface area (Å²) in [6, 6.07) is 12.8. The number of aromatic nitrogens is 2. The van der Waals surface area contributed by atoms with Gasteiger partial charge in [0.05, 0.1) is 18.2 Å². The van der Waals surface area contributed by atoms with Crippen LogP contribution in [0.1, 0.15) is 21.5 Å². The maximum atomic E-state index is 11.4. The molecule has 0 aliphatic heterocycles. The van der Waals surface area contributed by atoms with Gasteiger partial charge in [-0.1, -0.05) is 30.4 Å². The third-order valence-electron chi connectivity index (χ3n) is 3.57. The Hall–Kier alpha value is -3.41. The van der Waals surface area contributed by atoms with Gasteiger partial charge in [0.25, 0.3) is 0 Å². The average Bonchev–Trinajstić information content (AvgIpc) is 2.60. The van der Waals surface area contributed by atoms with Gasteiger partial charge in [0, 0.05) is 5.39 Å². The summed E-state index contributed by atoms with van der Waals surface area (Å²) in [5.74, 6) is 0.166. The van der Waals surface area contributed by atoms with E-state index in [9.17, 15) is 4.79 Å². The van der Waals surface area contributed by atoms with E-state index in [2.05, 4.69) is 14.7 Å². The van der Waals surface area contributed by atoms with Crippen molar-refractivity contribution in [3.05, 3.63) is 59.2 Å². The molecule has 0 amide bonds. The lowest BCUT2D eigenvalue weighted by atomic mass is 10.1. The third-order valence-corrected chi connectivity index (χ3v) is 3.57. The summed E-state index contributed by atoms with van der Waals surface area (Å²) in [5, 5.41) is 0.757. The highest BCUT2D eigenvalue weighted by molar-refractivity contribution is 5.92. The molecule has 0 bridgehead atoms. The molecule has 0 radical (unpaired) electrons. The SMILES string of the molecule is COC(=O)c1ccc(C=Cc2ccc3nc(N)nc(N)c3c2)cc1. The molecule has 4 N–H and O–H groups in total. The van der Waals surface area contributed by atoms with Gasteiger partial charge in [-0.25, -0.2) is 9.78 Å². The Morgan fingerprint density at radius 2 is 1.67 bits per heavy atom. The van der Waals surface area contributed by atoms with Crippen LogP contribution in [0, 0.1) is 0 Å². The zero-order valence-corrected chi connectivity index (χ0v) is 13.1. The highest BCUT2D eigenvalue weighted by atomic mass is 16.5. The first-order chi connectivity index (χ1) is 11.6. The number of hydrogen-bond donors (Lipinski definition) is 2. The van der Waals surface area contributed by atoms with Crippen LogP contribution in [0.3, 0.4) is 0 Å². The number of hydrogen-bond acceptors (Lipinski definition) is 6. The largest absolute Gasteiger partial charge is 0.465 e. The van der Waals surface area contributed by atoms with E-state index >= 15 is 0 Å². The zero-order valence-electron chi connectivity index (χ0n) is 13.1. The van der Waals surface area contributed by atoms with Crippen molar-refractivity contribution in [1.29, 1.82) is 0 Å². The number of fused-ring (bicyclic) bond motifs is 1. The van der Waals surface area contributed by atoms with Gasteiger partial charge in [0.1, 0.15) is 5.82 Å². The van der Waals surface area contributed by atoms with Crippen molar-refractivity contribution < 1.29 is 9.53 Å². The van der Waals surface area contributed by atoms with Crippen LogP contribution >= 0.6 is 0 Å². The molecule has 0 unspecified atom stereocenters. The molecule has 120 valence electrons. The van der Waals surface area contributed by atoms with Crippen molar-refractivity contribution in [3.63, 3.8) is 0 Å². The molecule has 0 fully saturated rings. The molecule has 0 atom stereocenters. The van der Waals surface area contributed by atoms with E-state index in [-0.39, 0.29) is 11.9 Å². The van der Waals surface area contributed by atoms with Gasteiger partial charge in [0.2, 0.25) is 5.95 Å². The van der Waals surface area contributed by atoms with Gasteiger partial charge in [-0.3, -0.25) is 0 Å². The number of nitrogens with zero attached hydrogens (tertiary/aromatic N) is 2. The Morgan fingerprint density at radius 3 is 2.38 bits per heavy atom. The normalized spacial score (nSPS) is 11.0. The van der Waals surface area contributed by atoms with Crippen molar-refractivity contribution in [1.82, 2.24) is 9.97 Å². The predicted molar refractivity (Wildman–Crippen MR) is 95.1 cm³/mol. The molecule has 24 heavy (non-hydrogen) atoms. The second-order valence-corrected chi connectivity index (χ2v) is 5.19. The standard InChI is InChI=1S/C18H16N4O2/c1-24-17(23)13-7-4-11(5-8-13)2-3-12-6-9-15-14(10-12)16(19)22-18(20)21-15/h2-10H,1H3,(H4,19,20,21,22). The summed E-state index contributed by atoms with van der Waals surface area (Å²) in [5.41, 5.74) is 14.6. The van der Waals surface area contributed by atoms with E-state index in [0.29, 0.717) is 16.9 Å². The number of carbonyl (C=O) groups excluding carboxylic acids is 1. The first kappa shape index (κ1) is 15.5. The molecule has 6 heteroatoms. The molecule has 3 rings (SSSR count). The fourth-order valence-corrected chi connectivity index (χ4v) is 2.33.